The van der Waals surface area contributed by atoms with Crippen molar-refractivity contribution in [1.82, 2.24) is 10.1 Å². The Morgan fingerprint density at radius 3 is 2.91 bits per heavy atom. The first-order valence-electron chi connectivity index (χ1n) is 7.60. The van der Waals surface area contributed by atoms with Crippen LogP contribution in [0, 0.1) is 11.7 Å². The van der Waals surface area contributed by atoms with Gasteiger partial charge in [-0.3, -0.25) is 0 Å². The van der Waals surface area contributed by atoms with Crippen LogP contribution in [0.1, 0.15) is 19.3 Å². The fourth-order valence-electron chi connectivity index (χ4n) is 2.84. The van der Waals surface area contributed by atoms with Gasteiger partial charge in [0.1, 0.15) is 5.82 Å². The minimum absolute atomic E-state index is 0.276. The lowest BCUT2D eigenvalue weighted by atomic mass is 10.1. The lowest BCUT2D eigenvalue weighted by molar-refractivity contribution is 0.151. The Morgan fingerprint density at radius 2 is 2.14 bits per heavy atom. The molecule has 22 heavy (non-hydrogen) atoms. The summed E-state index contributed by atoms with van der Waals surface area (Å²) in [5.74, 6) is 0.693. The maximum Gasteiger partial charge on any atom is 0.324 e. The quantitative estimate of drug-likeness (QED) is 0.868. The number of anilines is 1. The maximum absolute atomic E-state index is 13.0. The number of ether oxygens (including phenoxy) is 1. The Balaban J connectivity index is 1.75. The maximum atomic E-state index is 13.0. The lowest BCUT2D eigenvalue weighted by Gasteiger charge is -2.21. The highest BCUT2D eigenvalue weighted by molar-refractivity contribution is 5.55. The van der Waals surface area contributed by atoms with Gasteiger partial charge in [0.05, 0.1) is 6.61 Å². The molecule has 0 N–H and O–H groups in total. The molecular weight excluding hydrogens is 285 g/mol. The number of aromatic nitrogens is 2. The standard InChI is InChI=1S/C16H20FN3O2/c1-21-11-12-4-2-3-9-20(10-12)16-18-15(19-22-16)13-5-7-14(17)8-6-13/h5-8,12H,2-4,9-11H2,1H3/t12-/m0/s1. The molecule has 1 aliphatic rings. The second kappa shape index (κ2) is 6.87. The van der Waals surface area contributed by atoms with Gasteiger partial charge in [0.2, 0.25) is 5.82 Å². The van der Waals surface area contributed by atoms with Crippen LogP contribution in [-0.4, -0.2) is 36.9 Å². The molecule has 0 saturated carbocycles. The molecule has 0 spiro atoms. The molecule has 1 saturated heterocycles. The van der Waals surface area contributed by atoms with Crippen molar-refractivity contribution in [3.05, 3.63) is 30.1 Å². The topological polar surface area (TPSA) is 51.4 Å². The number of methoxy groups -OCH3 is 1. The molecule has 0 radical (unpaired) electrons. The first-order valence-corrected chi connectivity index (χ1v) is 7.60. The number of rotatable bonds is 4. The van der Waals surface area contributed by atoms with Crippen molar-refractivity contribution in [3.63, 3.8) is 0 Å². The number of hydrogen-bond donors (Lipinski definition) is 0. The Morgan fingerprint density at radius 1 is 1.32 bits per heavy atom. The van der Waals surface area contributed by atoms with E-state index in [-0.39, 0.29) is 5.82 Å². The van der Waals surface area contributed by atoms with Crippen LogP contribution >= 0.6 is 0 Å². The van der Waals surface area contributed by atoms with E-state index < -0.39 is 0 Å². The van der Waals surface area contributed by atoms with E-state index >= 15 is 0 Å². The summed E-state index contributed by atoms with van der Waals surface area (Å²) < 4.78 is 23.7. The number of halogens is 1. The summed E-state index contributed by atoms with van der Waals surface area (Å²) in [6, 6.07) is 6.63. The van der Waals surface area contributed by atoms with Crippen molar-refractivity contribution in [2.24, 2.45) is 5.92 Å². The smallest absolute Gasteiger partial charge is 0.324 e. The predicted molar refractivity (Wildman–Crippen MR) is 81.1 cm³/mol. The van der Waals surface area contributed by atoms with Crippen molar-refractivity contribution >= 4 is 6.01 Å². The monoisotopic (exact) mass is 305 g/mol. The molecule has 1 aromatic heterocycles. The molecule has 6 heteroatoms. The van der Waals surface area contributed by atoms with Gasteiger partial charge in [-0.2, -0.15) is 4.98 Å². The van der Waals surface area contributed by atoms with Crippen LogP contribution in [0.3, 0.4) is 0 Å². The molecule has 1 aromatic carbocycles. The summed E-state index contributed by atoms with van der Waals surface area (Å²) in [6.45, 7) is 2.51. The summed E-state index contributed by atoms with van der Waals surface area (Å²) >= 11 is 0. The average molecular weight is 305 g/mol. The van der Waals surface area contributed by atoms with E-state index in [1.54, 1.807) is 19.2 Å². The van der Waals surface area contributed by atoms with Gasteiger partial charge in [-0.25, -0.2) is 4.39 Å². The first-order chi connectivity index (χ1) is 10.8. The van der Waals surface area contributed by atoms with E-state index in [2.05, 4.69) is 15.0 Å². The van der Waals surface area contributed by atoms with Crippen molar-refractivity contribution in [2.75, 3.05) is 31.7 Å². The predicted octanol–water partition coefficient (Wildman–Crippen LogP) is 3.13. The molecule has 5 nitrogen and oxygen atoms in total. The van der Waals surface area contributed by atoms with Gasteiger partial charge >= 0.3 is 6.01 Å². The fraction of sp³-hybridized carbons (Fsp3) is 0.500. The van der Waals surface area contributed by atoms with Crippen LogP contribution in [0.4, 0.5) is 10.4 Å². The lowest BCUT2D eigenvalue weighted by Crippen LogP contribution is -2.30. The van der Waals surface area contributed by atoms with Crippen molar-refractivity contribution in [1.29, 1.82) is 0 Å². The van der Waals surface area contributed by atoms with Gasteiger partial charge in [-0.15, -0.1) is 0 Å². The molecule has 1 atom stereocenters. The number of nitrogens with zero attached hydrogens (tertiary/aromatic N) is 3. The van der Waals surface area contributed by atoms with E-state index in [4.69, 9.17) is 9.26 Å². The second-order valence-corrected chi connectivity index (χ2v) is 5.67. The van der Waals surface area contributed by atoms with Gasteiger partial charge < -0.3 is 14.2 Å². The zero-order chi connectivity index (χ0) is 15.4. The Kier molecular flexibility index (Phi) is 4.68. The Hall–Kier alpha value is -1.95. The summed E-state index contributed by atoms with van der Waals surface area (Å²) in [5.41, 5.74) is 0.750. The van der Waals surface area contributed by atoms with Crippen molar-refractivity contribution in [2.45, 2.75) is 19.3 Å². The van der Waals surface area contributed by atoms with E-state index in [1.165, 1.54) is 18.6 Å². The molecule has 0 unspecified atom stereocenters. The summed E-state index contributed by atoms with van der Waals surface area (Å²) in [6.07, 6.45) is 3.45. The third kappa shape index (κ3) is 3.44. The normalized spacial score (nSPS) is 19.2. The Labute approximate surface area is 129 Å². The van der Waals surface area contributed by atoms with E-state index in [9.17, 15) is 4.39 Å². The van der Waals surface area contributed by atoms with Gasteiger partial charge in [0.25, 0.3) is 0 Å². The summed E-state index contributed by atoms with van der Waals surface area (Å²) in [5, 5.41) is 4.01. The molecule has 0 bridgehead atoms. The molecule has 3 rings (SSSR count). The third-order valence-electron chi connectivity index (χ3n) is 3.96. The van der Waals surface area contributed by atoms with Crippen molar-refractivity contribution in [3.8, 4) is 11.4 Å². The second-order valence-electron chi connectivity index (χ2n) is 5.67. The molecule has 2 heterocycles. The first kappa shape index (κ1) is 15.0. The molecular formula is C16H20FN3O2. The van der Waals surface area contributed by atoms with Crippen LogP contribution in [0.15, 0.2) is 28.8 Å². The van der Waals surface area contributed by atoms with Crippen LogP contribution in [0.25, 0.3) is 11.4 Å². The van der Waals surface area contributed by atoms with Crippen LogP contribution in [0.5, 0.6) is 0 Å². The van der Waals surface area contributed by atoms with Crippen molar-refractivity contribution < 1.29 is 13.7 Å². The molecule has 0 amide bonds. The van der Waals surface area contributed by atoms with E-state index in [0.29, 0.717) is 17.8 Å². The van der Waals surface area contributed by atoms with E-state index in [0.717, 1.165) is 38.1 Å². The molecule has 0 aliphatic carbocycles. The molecule has 2 aromatic rings. The van der Waals surface area contributed by atoms with Crippen LogP contribution < -0.4 is 4.90 Å². The zero-order valence-electron chi connectivity index (χ0n) is 12.7. The summed E-state index contributed by atoms with van der Waals surface area (Å²) in [4.78, 5) is 6.58. The highest BCUT2D eigenvalue weighted by atomic mass is 19.1. The Bertz CT molecular complexity index is 600. The van der Waals surface area contributed by atoms with E-state index in [1.807, 2.05) is 0 Å². The highest BCUT2D eigenvalue weighted by Crippen LogP contribution is 2.24. The average Bonchev–Trinajstić information content (AvgIpc) is 2.89. The van der Waals surface area contributed by atoms with Crippen LogP contribution in [-0.2, 0) is 4.74 Å². The highest BCUT2D eigenvalue weighted by Gasteiger charge is 2.22. The summed E-state index contributed by atoms with van der Waals surface area (Å²) in [7, 11) is 1.73. The van der Waals surface area contributed by atoms with Gasteiger partial charge in [-0.05, 0) is 43.0 Å². The minimum atomic E-state index is -0.276. The fourth-order valence-corrected chi connectivity index (χ4v) is 2.84. The van der Waals surface area contributed by atoms with Gasteiger partial charge in [-0.1, -0.05) is 11.6 Å². The molecule has 1 aliphatic heterocycles. The minimum Gasteiger partial charge on any atom is -0.384 e. The third-order valence-corrected chi connectivity index (χ3v) is 3.96. The molecule has 1 fully saturated rings. The number of hydrogen-bond acceptors (Lipinski definition) is 5. The van der Waals surface area contributed by atoms with Gasteiger partial charge in [0, 0.05) is 25.8 Å². The van der Waals surface area contributed by atoms with Crippen LogP contribution in [0.2, 0.25) is 0 Å². The zero-order valence-corrected chi connectivity index (χ0v) is 12.7. The largest absolute Gasteiger partial charge is 0.384 e. The SMILES string of the molecule is COC[C@H]1CCCCN(c2nc(-c3ccc(F)cc3)no2)C1. The number of benzene rings is 1. The van der Waals surface area contributed by atoms with Gasteiger partial charge in [0.15, 0.2) is 0 Å². The molecule has 118 valence electrons.